The van der Waals surface area contributed by atoms with Gasteiger partial charge in [-0.05, 0) is 24.3 Å². The number of rotatable bonds is 6. The van der Waals surface area contributed by atoms with Crippen molar-refractivity contribution in [2.24, 2.45) is 0 Å². The third kappa shape index (κ3) is 4.84. The van der Waals surface area contributed by atoms with Gasteiger partial charge in [-0.3, -0.25) is 14.9 Å². The summed E-state index contributed by atoms with van der Waals surface area (Å²) in [6.45, 7) is 0. The summed E-state index contributed by atoms with van der Waals surface area (Å²) in [4.78, 5) is 31.8. The van der Waals surface area contributed by atoms with E-state index in [1.807, 2.05) is 30.3 Å². The fourth-order valence-corrected chi connectivity index (χ4v) is 3.74. The number of aromatic nitrogens is 2. The van der Waals surface area contributed by atoms with Crippen molar-refractivity contribution in [3.63, 3.8) is 0 Å². The molecule has 0 fully saturated rings. The number of nitrogens with one attached hydrogen (secondary N) is 1. The number of nitro benzene ring substituents is 1. The Bertz CT molecular complexity index is 1280. The fraction of sp³-hybridized carbons (Fsp3) is 0.0455. The zero-order chi connectivity index (χ0) is 21.8. The molecular weight excluding hydrogens is 419 g/mol. The van der Waals surface area contributed by atoms with Gasteiger partial charge in [0.15, 0.2) is 5.82 Å². The number of hydrogen-bond donors (Lipinski definition) is 1. The molecule has 1 heterocycles. The number of halogens is 1. The van der Waals surface area contributed by atoms with Gasteiger partial charge in [-0.1, -0.05) is 48.2 Å². The van der Waals surface area contributed by atoms with E-state index in [-0.39, 0.29) is 17.3 Å². The van der Waals surface area contributed by atoms with Gasteiger partial charge in [0.25, 0.3) is 5.69 Å². The van der Waals surface area contributed by atoms with Crippen LogP contribution in [0.2, 0.25) is 0 Å². The normalized spacial score (nSPS) is 10.7. The molecule has 1 aromatic heterocycles. The summed E-state index contributed by atoms with van der Waals surface area (Å²) in [6, 6.07) is 19.3. The number of nitro groups is 1. The molecule has 4 rings (SSSR count). The molecule has 1 amide bonds. The highest BCUT2D eigenvalue weighted by Gasteiger charge is 2.14. The van der Waals surface area contributed by atoms with E-state index in [9.17, 15) is 19.3 Å². The Kier molecular flexibility index (Phi) is 5.85. The molecule has 4 aromatic rings. The minimum Gasteiger partial charge on any atom is -0.325 e. The lowest BCUT2D eigenvalue weighted by Crippen LogP contribution is -2.14. The highest BCUT2D eigenvalue weighted by Crippen LogP contribution is 2.29. The van der Waals surface area contributed by atoms with Gasteiger partial charge in [-0.25, -0.2) is 14.4 Å². The molecule has 1 N–H and O–H groups in total. The number of anilines is 1. The Morgan fingerprint density at radius 3 is 2.61 bits per heavy atom. The van der Waals surface area contributed by atoms with Crippen LogP contribution in [0.4, 0.5) is 15.8 Å². The zero-order valence-electron chi connectivity index (χ0n) is 16.0. The van der Waals surface area contributed by atoms with Crippen molar-refractivity contribution in [1.82, 2.24) is 9.97 Å². The second-order valence-corrected chi connectivity index (χ2v) is 7.49. The quantitative estimate of drug-likeness (QED) is 0.197. The summed E-state index contributed by atoms with van der Waals surface area (Å²) in [5, 5.41) is 14.5. The SMILES string of the molecule is O=C(CSc1nc(-c2ccccc2)nc2ccc(F)cc12)Nc1cccc([N+](=O)[O-])c1. The maximum Gasteiger partial charge on any atom is 0.271 e. The lowest BCUT2D eigenvalue weighted by molar-refractivity contribution is -0.384. The topological polar surface area (TPSA) is 98.0 Å². The predicted octanol–water partition coefficient (Wildman–Crippen LogP) is 5.07. The number of carbonyl (C=O) groups is 1. The van der Waals surface area contributed by atoms with Crippen molar-refractivity contribution < 1.29 is 14.1 Å². The van der Waals surface area contributed by atoms with E-state index in [0.717, 1.165) is 17.3 Å². The first kappa shape index (κ1) is 20.4. The van der Waals surface area contributed by atoms with Crippen molar-refractivity contribution >= 4 is 39.9 Å². The summed E-state index contributed by atoms with van der Waals surface area (Å²) < 4.78 is 13.8. The van der Waals surface area contributed by atoms with Crippen LogP contribution in [0.3, 0.4) is 0 Å². The van der Waals surface area contributed by atoms with E-state index < -0.39 is 10.7 Å². The number of benzene rings is 3. The van der Waals surface area contributed by atoms with Gasteiger partial charge in [-0.2, -0.15) is 0 Å². The number of hydrogen-bond acceptors (Lipinski definition) is 6. The molecule has 0 aliphatic carbocycles. The Labute approximate surface area is 180 Å². The summed E-state index contributed by atoms with van der Waals surface area (Å²) in [7, 11) is 0. The molecule has 0 bridgehead atoms. The molecule has 154 valence electrons. The molecule has 0 radical (unpaired) electrons. The Morgan fingerprint density at radius 1 is 1.03 bits per heavy atom. The monoisotopic (exact) mass is 434 g/mol. The summed E-state index contributed by atoms with van der Waals surface area (Å²) in [5.41, 5.74) is 1.58. The van der Waals surface area contributed by atoms with Gasteiger partial charge in [-0.15, -0.1) is 0 Å². The largest absolute Gasteiger partial charge is 0.325 e. The van der Waals surface area contributed by atoms with Crippen molar-refractivity contribution in [1.29, 1.82) is 0 Å². The molecule has 0 saturated heterocycles. The van der Waals surface area contributed by atoms with Crippen LogP contribution in [0.25, 0.3) is 22.3 Å². The lowest BCUT2D eigenvalue weighted by atomic mass is 10.2. The Morgan fingerprint density at radius 2 is 1.84 bits per heavy atom. The van der Waals surface area contributed by atoms with Crippen LogP contribution < -0.4 is 5.32 Å². The molecule has 3 aromatic carbocycles. The number of fused-ring (bicyclic) bond motifs is 1. The second-order valence-electron chi connectivity index (χ2n) is 6.52. The van der Waals surface area contributed by atoms with E-state index in [1.165, 1.54) is 30.3 Å². The molecule has 0 unspecified atom stereocenters. The standard InChI is InChI=1S/C22H15FN4O3S/c23-15-9-10-19-18(11-15)22(26-21(25-19)14-5-2-1-3-6-14)31-13-20(28)24-16-7-4-8-17(12-16)27(29)30/h1-12H,13H2,(H,24,28). The predicted molar refractivity (Wildman–Crippen MR) is 117 cm³/mol. The molecule has 0 saturated carbocycles. The minimum atomic E-state index is -0.531. The van der Waals surface area contributed by atoms with Crippen molar-refractivity contribution in [3.05, 3.63) is 88.7 Å². The van der Waals surface area contributed by atoms with E-state index in [0.29, 0.717) is 27.4 Å². The number of nitrogens with zero attached hydrogens (tertiary/aromatic N) is 3. The van der Waals surface area contributed by atoms with Crippen LogP contribution in [0, 0.1) is 15.9 Å². The minimum absolute atomic E-state index is 0.0143. The molecule has 0 spiro atoms. The first-order chi connectivity index (χ1) is 15.0. The third-order valence-electron chi connectivity index (χ3n) is 4.34. The van der Waals surface area contributed by atoms with Crippen LogP contribution in [-0.4, -0.2) is 26.6 Å². The Balaban J connectivity index is 1.58. The summed E-state index contributed by atoms with van der Waals surface area (Å²) >= 11 is 1.14. The van der Waals surface area contributed by atoms with Crippen LogP contribution in [0.15, 0.2) is 77.8 Å². The van der Waals surface area contributed by atoms with Crippen LogP contribution in [-0.2, 0) is 4.79 Å². The number of amides is 1. The van der Waals surface area contributed by atoms with E-state index >= 15 is 0 Å². The molecule has 31 heavy (non-hydrogen) atoms. The maximum atomic E-state index is 13.8. The number of thioether (sulfide) groups is 1. The van der Waals surface area contributed by atoms with Gasteiger partial charge in [0.2, 0.25) is 5.91 Å². The lowest BCUT2D eigenvalue weighted by Gasteiger charge is -2.09. The van der Waals surface area contributed by atoms with Crippen LogP contribution >= 0.6 is 11.8 Å². The maximum absolute atomic E-state index is 13.8. The zero-order valence-corrected chi connectivity index (χ0v) is 16.8. The molecule has 0 aliphatic rings. The Hall–Kier alpha value is -3.85. The first-order valence-electron chi connectivity index (χ1n) is 9.19. The van der Waals surface area contributed by atoms with Gasteiger partial charge >= 0.3 is 0 Å². The van der Waals surface area contributed by atoms with Gasteiger partial charge in [0.1, 0.15) is 10.8 Å². The summed E-state index contributed by atoms with van der Waals surface area (Å²) in [6.07, 6.45) is 0. The average molecular weight is 434 g/mol. The molecular formula is C22H15FN4O3S. The molecule has 7 nitrogen and oxygen atoms in total. The van der Waals surface area contributed by atoms with Crippen LogP contribution in [0.5, 0.6) is 0 Å². The van der Waals surface area contributed by atoms with E-state index in [2.05, 4.69) is 15.3 Å². The van der Waals surface area contributed by atoms with Crippen molar-refractivity contribution in [2.75, 3.05) is 11.1 Å². The number of carbonyl (C=O) groups excluding carboxylic acids is 1. The van der Waals surface area contributed by atoms with Gasteiger partial charge < -0.3 is 5.32 Å². The molecule has 0 aliphatic heterocycles. The fourth-order valence-electron chi connectivity index (χ4n) is 2.93. The van der Waals surface area contributed by atoms with Crippen molar-refractivity contribution in [2.45, 2.75) is 5.03 Å². The number of non-ortho nitro benzene ring substituents is 1. The highest BCUT2D eigenvalue weighted by molar-refractivity contribution is 8.00. The van der Waals surface area contributed by atoms with Crippen LogP contribution in [0.1, 0.15) is 0 Å². The second kappa shape index (κ2) is 8.88. The summed E-state index contributed by atoms with van der Waals surface area (Å²) in [5.74, 6) is -0.331. The first-order valence-corrected chi connectivity index (χ1v) is 10.2. The smallest absolute Gasteiger partial charge is 0.271 e. The average Bonchev–Trinajstić information content (AvgIpc) is 2.78. The van der Waals surface area contributed by atoms with Crippen molar-refractivity contribution in [3.8, 4) is 11.4 Å². The third-order valence-corrected chi connectivity index (χ3v) is 5.33. The molecule has 0 atom stereocenters. The highest BCUT2D eigenvalue weighted by atomic mass is 32.2. The van der Waals surface area contributed by atoms with Gasteiger partial charge in [0, 0.05) is 28.8 Å². The van der Waals surface area contributed by atoms with Gasteiger partial charge in [0.05, 0.1) is 16.2 Å². The van der Waals surface area contributed by atoms with E-state index in [4.69, 9.17) is 0 Å². The molecule has 9 heteroatoms. The van der Waals surface area contributed by atoms with E-state index in [1.54, 1.807) is 12.1 Å².